The minimum Gasteiger partial charge on any atom is -0.359 e. The maximum atomic E-state index is 12.8. The van der Waals surface area contributed by atoms with Gasteiger partial charge in [0.05, 0.1) is 11.6 Å². The van der Waals surface area contributed by atoms with E-state index in [0.29, 0.717) is 25.9 Å². The fraction of sp³-hybridized carbons (Fsp3) is 0.522. The molecule has 30 heavy (non-hydrogen) atoms. The second-order valence-electron chi connectivity index (χ2n) is 8.85. The second-order valence-corrected chi connectivity index (χ2v) is 8.85. The maximum Gasteiger partial charge on any atom is 0.224 e. The number of likely N-dealkylation sites (tertiary alicyclic amines) is 2. The van der Waals surface area contributed by atoms with E-state index in [1.54, 1.807) is 7.05 Å². The molecule has 2 aromatic rings. The molecule has 2 saturated heterocycles. The van der Waals surface area contributed by atoms with E-state index in [1.165, 1.54) is 5.56 Å². The van der Waals surface area contributed by atoms with Gasteiger partial charge in [-0.1, -0.05) is 30.3 Å². The number of aromatic nitrogens is 2. The lowest BCUT2D eigenvalue weighted by atomic mass is 9.71. The summed E-state index contributed by atoms with van der Waals surface area (Å²) in [5, 5.41) is 10.0. The Labute approximate surface area is 177 Å². The highest BCUT2D eigenvalue weighted by Gasteiger charge is 2.57. The first kappa shape index (κ1) is 20.6. The number of carbonyl (C=O) groups excluding carboxylic acids is 2. The molecule has 7 heteroatoms. The Kier molecular flexibility index (Phi) is 5.64. The summed E-state index contributed by atoms with van der Waals surface area (Å²) in [4.78, 5) is 29.7. The number of H-pyrrole nitrogens is 1. The molecule has 7 nitrogen and oxygen atoms in total. The first-order valence-electron chi connectivity index (χ1n) is 10.7. The van der Waals surface area contributed by atoms with Crippen molar-refractivity contribution in [2.45, 2.75) is 33.2 Å². The summed E-state index contributed by atoms with van der Waals surface area (Å²) < 4.78 is 0. The first-order valence-corrected chi connectivity index (χ1v) is 10.7. The SMILES string of the molecule is CNC(=O)C1CN(Cc2ccccc2)CC12CN(C(=O)CCc1c(C)n[nH]c1C)C2. The fourth-order valence-electron chi connectivity index (χ4n) is 5.11. The van der Waals surface area contributed by atoms with Crippen LogP contribution in [0.5, 0.6) is 0 Å². The topological polar surface area (TPSA) is 81.3 Å². The summed E-state index contributed by atoms with van der Waals surface area (Å²) in [5.74, 6) is 0.175. The van der Waals surface area contributed by atoms with Crippen molar-refractivity contribution in [3.8, 4) is 0 Å². The minimum atomic E-state index is -0.133. The number of nitrogens with zero attached hydrogens (tertiary/aromatic N) is 3. The van der Waals surface area contributed by atoms with E-state index < -0.39 is 0 Å². The van der Waals surface area contributed by atoms with Gasteiger partial charge in [-0.2, -0.15) is 5.10 Å². The Hall–Kier alpha value is -2.67. The lowest BCUT2D eigenvalue weighted by Gasteiger charge is -2.50. The standard InChI is InChI=1S/C23H31N5O2/c1-16-19(17(2)26-25-16)9-10-21(29)28-14-23(15-28)13-27(12-20(23)22(30)24-3)11-18-7-5-4-6-8-18/h4-8,20H,9-15H2,1-3H3,(H,24,30)(H,25,26). The van der Waals surface area contributed by atoms with Crippen molar-refractivity contribution in [1.82, 2.24) is 25.3 Å². The number of benzene rings is 1. The van der Waals surface area contributed by atoms with Crippen molar-refractivity contribution in [2.24, 2.45) is 11.3 Å². The van der Waals surface area contributed by atoms with Crippen molar-refractivity contribution in [2.75, 3.05) is 33.2 Å². The lowest BCUT2D eigenvalue weighted by molar-refractivity contribution is -0.149. The van der Waals surface area contributed by atoms with Gasteiger partial charge in [0.15, 0.2) is 0 Å². The van der Waals surface area contributed by atoms with Gasteiger partial charge in [0.25, 0.3) is 0 Å². The van der Waals surface area contributed by atoms with E-state index in [-0.39, 0.29) is 23.1 Å². The Morgan fingerprint density at radius 1 is 1.20 bits per heavy atom. The zero-order valence-corrected chi connectivity index (χ0v) is 18.1. The summed E-state index contributed by atoms with van der Waals surface area (Å²) in [7, 11) is 1.70. The van der Waals surface area contributed by atoms with Crippen LogP contribution in [-0.4, -0.2) is 65.0 Å². The average Bonchev–Trinajstić information content (AvgIpc) is 3.25. The van der Waals surface area contributed by atoms with Gasteiger partial charge in [-0.05, 0) is 31.4 Å². The molecule has 2 aliphatic heterocycles. The Morgan fingerprint density at radius 3 is 2.57 bits per heavy atom. The van der Waals surface area contributed by atoms with Crippen LogP contribution >= 0.6 is 0 Å². The monoisotopic (exact) mass is 409 g/mol. The van der Waals surface area contributed by atoms with Gasteiger partial charge in [-0.15, -0.1) is 0 Å². The summed E-state index contributed by atoms with van der Waals surface area (Å²) in [6.07, 6.45) is 1.19. The zero-order valence-electron chi connectivity index (χ0n) is 18.1. The van der Waals surface area contributed by atoms with Gasteiger partial charge in [0.2, 0.25) is 11.8 Å². The van der Waals surface area contributed by atoms with Crippen molar-refractivity contribution in [3.05, 3.63) is 52.8 Å². The van der Waals surface area contributed by atoms with Crippen molar-refractivity contribution < 1.29 is 9.59 Å². The lowest BCUT2D eigenvalue weighted by Crippen LogP contribution is -2.63. The van der Waals surface area contributed by atoms with E-state index in [1.807, 2.05) is 36.9 Å². The number of hydrogen-bond donors (Lipinski definition) is 2. The van der Waals surface area contributed by atoms with Crippen LogP contribution in [0.15, 0.2) is 30.3 Å². The molecular weight excluding hydrogens is 378 g/mol. The van der Waals surface area contributed by atoms with E-state index in [4.69, 9.17) is 0 Å². The van der Waals surface area contributed by atoms with Crippen LogP contribution in [0.2, 0.25) is 0 Å². The van der Waals surface area contributed by atoms with Gasteiger partial charge in [-0.25, -0.2) is 0 Å². The maximum absolute atomic E-state index is 12.8. The normalized spacial score (nSPS) is 20.4. The summed E-state index contributed by atoms with van der Waals surface area (Å²) in [5.41, 5.74) is 4.26. The molecule has 3 heterocycles. The Bertz CT molecular complexity index is 897. The third-order valence-electron chi connectivity index (χ3n) is 6.76. The molecular formula is C23H31N5O2. The molecule has 0 aliphatic carbocycles. The van der Waals surface area contributed by atoms with Crippen molar-refractivity contribution in [3.63, 3.8) is 0 Å². The van der Waals surface area contributed by atoms with Gasteiger partial charge in [-0.3, -0.25) is 19.6 Å². The predicted molar refractivity (Wildman–Crippen MR) is 115 cm³/mol. The number of amides is 2. The molecule has 2 fully saturated rings. The van der Waals surface area contributed by atoms with Crippen LogP contribution < -0.4 is 5.32 Å². The third-order valence-corrected chi connectivity index (χ3v) is 6.76. The Balaban J connectivity index is 1.38. The van der Waals surface area contributed by atoms with Gasteiger partial charge in [0, 0.05) is 57.3 Å². The molecule has 2 amide bonds. The summed E-state index contributed by atoms with van der Waals surface area (Å²) in [6.45, 7) is 7.72. The molecule has 1 aromatic carbocycles. The van der Waals surface area contributed by atoms with Gasteiger partial charge >= 0.3 is 0 Å². The Morgan fingerprint density at radius 2 is 1.93 bits per heavy atom. The molecule has 1 spiro atoms. The van der Waals surface area contributed by atoms with Crippen LogP contribution in [0.1, 0.15) is 28.9 Å². The first-order chi connectivity index (χ1) is 14.4. The van der Waals surface area contributed by atoms with Gasteiger partial charge < -0.3 is 10.2 Å². The summed E-state index contributed by atoms with van der Waals surface area (Å²) >= 11 is 0. The highest BCUT2D eigenvalue weighted by atomic mass is 16.2. The number of aryl methyl sites for hydroxylation is 2. The highest BCUT2D eigenvalue weighted by Crippen LogP contribution is 2.44. The van der Waals surface area contributed by atoms with Gasteiger partial charge in [0.1, 0.15) is 0 Å². The number of aromatic amines is 1. The molecule has 0 saturated carbocycles. The highest BCUT2D eigenvalue weighted by molar-refractivity contribution is 5.82. The van der Waals surface area contributed by atoms with Crippen LogP contribution in [0.4, 0.5) is 0 Å². The van der Waals surface area contributed by atoms with E-state index >= 15 is 0 Å². The number of nitrogens with one attached hydrogen (secondary N) is 2. The molecule has 1 atom stereocenters. The van der Waals surface area contributed by atoms with Crippen LogP contribution in [-0.2, 0) is 22.6 Å². The summed E-state index contributed by atoms with van der Waals surface area (Å²) in [6, 6.07) is 10.4. The van der Waals surface area contributed by atoms with Crippen molar-refractivity contribution in [1.29, 1.82) is 0 Å². The molecule has 0 bridgehead atoms. The molecule has 0 radical (unpaired) electrons. The van der Waals surface area contributed by atoms with E-state index in [0.717, 1.165) is 36.6 Å². The average molecular weight is 410 g/mol. The van der Waals surface area contributed by atoms with Crippen LogP contribution in [0, 0.1) is 25.2 Å². The van der Waals surface area contributed by atoms with E-state index in [9.17, 15) is 9.59 Å². The van der Waals surface area contributed by atoms with Crippen LogP contribution in [0.25, 0.3) is 0 Å². The molecule has 2 N–H and O–H groups in total. The second kappa shape index (κ2) is 8.22. The number of carbonyl (C=O) groups is 2. The van der Waals surface area contributed by atoms with Crippen LogP contribution in [0.3, 0.4) is 0 Å². The number of rotatable bonds is 6. The fourth-order valence-corrected chi connectivity index (χ4v) is 5.11. The molecule has 1 unspecified atom stereocenters. The predicted octanol–water partition coefficient (Wildman–Crippen LogP) is 1.67. The van der Waals surface area contributed by atoms with Crippen molar-refractivity contribution >= 4 is 11.8 Å². The molecule has 160 valence electrons. The van der Waals surface area contributed by atoms with E-state index in [2.05, 4.69) is 32.5 Å². The molecule has 1 aromatic heterocycles. The molecule has 4 rings (SSSR count). The quantitative estimate of drug-likeness (QED) is 0.760. The molecule has 2 aliphatic rings. The zero-order chi connectivity index (χ0) is 21.3. The number of hydrogen-bond acceptors (Lipinski definition) is 4. The largest absolute Gasteiger partial charge is 0.359 e. The smallest absolute Gasteiger partial charge is 0.224 e. The minimum absolute atomic E-state index is 0.0753. The third kappa shape index (κ3) is 3.86.